The molecule has 0 aliphatic carbocycles. The molecule has 3 heterocycles. The minimum absolute atomic E-state index is 0.680. The SMILES string of the molecule is CCc1cnc(N(CCc2cscn2)Cc2csc(-c3ccccc3)n2)nc1. The lowest BCUT2D eigenvalue weighted by Crippen LogP contribution is -2.27. The van der Waals surface area contributed by atoms with Gasteiger partial charge in [-0.2, -0.15) is 0 Å². The minimum Gasteiger partial charge on any atom is -0.335 e. The molecule has 0 fully saturated rings. The summed E-state index contributed by atoms with van der Waals surface area (Å²) in [6, 6.07) is 10.3. The van der Waals surface area contributed by atoms with Crippen LogP contribution in [0.2, 0.25) is 0 Å². The first kappa shape index (κ1) is 18.7. The van der Waals surface area contributed by atoms with E-state index in [1.807, 2.05) is 36.1 Å². The predicted molar refractivity (Wildman–Crippen MR) is 116 cm³/mol. The van der Waals surface area contributed by atoms with E-state index in [1.54, 1.807) is 22.7 Å². The summed E-state index contributed by atoms with van der Waals surface area (Å²) >= 11 is 3.30. The van der Waals surface area contributed by atoms with Crippen molar-refractivity contribution in [3.05, 3.63) is 75.9 Å². The molecule has 0 saturated heterocycles. The lowest BCUT2D eigenvalue weighted by atomic mass is 10.2. The Morgan fingerprint density at radius 1 is 0.964 bits per heavy atom. The van der Waals surface area contributed by atoms with Crippen LogP contribution in [-0.2, 0) is 19.4 Å². The van der Waals surface area contributed by atoms with E-state index >= 15 is 0 Å². The highest BCUT2D eigenvalue weighted by atomic mass is 32.1. The Kier molecular flexibility index (Phi) is 6.04. The molecule has 4 rings (SSSR count). The van der Waals surface area contributed by atoms with Crippen molar-refractivity contribution in [3.63, 3.8) is 0 Å². The zero-order chi connectivity index (χ0) is 19.2. The molecule has 0 atom stereocenters. The van der Waals surface area contributed by atoms with E-state index in [9.17, 15) is 0 Å². The first-order chi connectivity index (χ1) is 13.8. The van der Waals surface area contributed by atoms with E-state index in [4.69, 9.17) is 4.98 Å². The molecule has 0 amide bonds. The van der Waals surface area contributed by atoms with Crippen LogP contribution in [0, 0.1) is 0 Å². The van der Waals surface area contributed by atoms with Gasteiger partial charge in [0.1, 0.15) is 5.01 Å². The van der Waals surface area contributed by atoms with E-state index in [-0.39, 0.29) is 0 Å². The first-order valence-electron chi connectivity index (χ1n) is 9.24. The molecule has 28 heavy (non-hydrogen) atoms. The summed E-state index contributed by atoms with van der Waals surface area (Å²) in [4.78, 5) is 20.6. The molecule has 1 aromatic carbocycles. The van der Waals surface area contributed by atoms with Crippen LogP contribution in [0.25, 0.3) is 10.6 Å². The van der Waals surface area contributed by atoms with Crippen molar-refractivity contribution in [2.45, 2.75) is 26.3 Å². The third kappa shape index (κ3) is 4.61. The van der Waals surface area contributed by atoms with Crippen molar-refractivity contribution in [2.24, 2.45) is 0 Å². The van der Waals surface area contributed by atoms with E-state index in [2.05, 4.69) is 49.7 Å². The third-order valence-corrected chi connectivity index (χ3v) is 6.00. The van der Waals surface area contributed by atoms with Crippen molar-refractivity contribution in [3.8, 4) is 10.6 Å². The number of hydrogen-bond acceptors (Lipinski definition) is 7. The van der Waals surface area contributed by atoms with E-state index in [0.29, 0.717) is 6.54 Å². The highest BCUT2D eigenvalue weighted by molar-refractivity contribution is 7.13. The molecular formula is C21H21N5S2. The van der Waals surface area contributed by atoms with E-state index < -0.39 is 0 Å². The Bertz CT molecular complexity index is 981. The standard InChI is InChI=1S/C21H21N5S2/c1-2-16-10-22-21(23-11-16)26(9-8-18-13-27-15-24-18)12-19-14-28-20(25-19)17-6-4-3-5-7-17/h3-7,10-11,13-15H,2,8-9,12H2,1H3. The minimum atomic E-state index is 0.680. The number of hydrogen-bond donors (Lipinski definition) is 0. The maximum Gasteiger partial charge on any atom is 0.225 e. The Morgan fingerprint density at radius 3 is 2.50 bits per heavy atom. The van der Waals surface area contributed by atoms with Crippen LogP contribution in [0.3, 0.4) is 0 Å². The second kappa shape index (κ2) is 9.03. The van der Waals surface area contributed by atoms with Gasteiger partial charge in [0, 0.05) is 41.7 Å². The van der Waals surface area contributed by atoms with Gasteiger partial charge in [-0.3, -0.25) is 0 Å². The average molecular weight is 408 g/mol. The molecule has 0 aliphatic rings. The molecule has 0 radical (unpaired) electrons. The van der Waals surface area contributed by atoms with Crippen molar-refractivity contribution in [2.75, 3.05) is 11.4 Å². The Balaban J connectivity index is 1.53. The Morgan fingerprint density at radius 2 is 1.79 bits per heavy atom. The number of thiazole rings is 2. The van der Waals surface area contributed by atoms with Crippen LogP contribution in [0.4, 0.5) is 5.95 Å². The van der Waals surface area contributed by atoms with Gasteiger partial charge in [-0.1, -0.05) is 37.3 Å². The number of anilines is 1. The summed E-state index contributed by atoms with van der Waals surface area (Å²) in [6.07, 6.45) is 5.62. The quantitative estimate of drug-likeness (QED) is 0.417. The van der Waals surface area contributed by atoms with Crippen LogP contribution < -0.4 is 4.90 Å². The summed E-state index contributed by atoms with van der Waals surface area (Å²) in [6.45, 7) is 3.59. The lowest BCUT2D eigenvalue weighted by Gasteiger charge is -2.21. The van der Waals surface area contributed by atoms with Gasteiger partial charge in [0.05, 0.1) is 23.4 Å². The normalized spacial score (nSPS) is 10.9. The monoisotopic (exact) mass is 407 g/mol. The first-order valence-corrected chi connectivity index (χ1v) is 11.1. The van der Waals surface area contributed by atoms with Gasteiger partial charge in [0.2, 0.25) is 5.95 Å². The van der Waals surface area contributed by atoms with Crippen molar-refractivity contribution < 1.29 is 0 Å². The van der Waals surface area contributed by atoms with Gasteiger partial charge in [0.25, 0.3) is 0 Å². The van der Waals surface area contributed by atoms with Crippen LogP contribution in [0.1, 0.15) is 23.9 Å². The fourth-order valence-electron chi connectivity index (χ4n) is 2.84. The number of nitrogens with zero attached hydrogens (tertiary/aromatic N) is 5. The average Bonchev–Trinajstić information content (AvgIpc) is 3.44. The van der Waals surface area contributed by atoms with Gasteiger partial charge in [-0.15, -0.1) is 22.7 Å². The number of benzene rings is 1. The van der Waals surface area contributed by atoms with Gasteiger partial charge < -0.3 is 4.90 Å². The Hall–Kier alpha value is -2.64. The molecule has 3 aromatic heterocycles. The summed E-state index contributed by atoms with van der Waals surface area (Å²) in [7, 11) is 0. The molecule has 0 spiro atoms. The summed E-state index contributed by atoms with van der Waals surface area (Å²) in [5.74, 6) is 0.738. The molecule has 0 unspecified atom stereocenters. The highest BCUT2D eigenvalue weighted by Gasteiger charge is 2.14. The summed E-state index contributed by atoms with van der Waals surface area (Å²) in [5, 5.41) is 5.26. The highest BCUT2D eigenvalue weighted by Crippen LogP contribution is 2.24. The summed E-state index contributed by atoms with van der Waals surface area (Å²) < 4.78 is 0. The number of rotatable bonds is 8. The van der Waals surface area contributed by atoms with Crippen LogP contribution in [0.15, 0.2) is 59.0 Å². The van der Waals surface area contributed by atoms with Gasteiger partial charge in [-0.05, 0) is 12.0 Å². The molecule has 4 aromatic rings. The molecule has 0 saturated carbocycles. The fraction of sp³-hybridized carbons (Fsp3) is 0.238. The molecule has 7 heteroatoms. The smallest absolute Gasteiger partial charge is 0.225 e. The molecule has 0 bridgehead atoms. The van der Waals surface area contributed by atoms with Gasteiger partial charge in [-0.25, -0.2) is 19.9 Å². The molecule has 0 N–H and O–H groups in total. The zero-order valence-corrected chi connectivity index (χ0v) is 17.3. The van der Waals surface area contributed by atoms with Gasteiger partial charge >= 0.3 is 0 Å². The fourth-order valence-corrected chi connectivity index (χ4v) is 4.25. The molecule has 142 valence electrons. The van der Waals surface area contributed by atoms with E-state index in [1.165, 1.54) is 0 Å². The number of aromatic nitrogens is 4. The second-order valence-electron chi connectivity index (χ2n) is 6.41. The topological polar surface area (TPSA) is 54.8 Å². The second-order valence-corrected chi connectivity index (χ2v) is 7.98. The van der Waals surface area contributed by atoms with Crippen molar-refractivity contribution in [1.29, 1.82) is 0 Å². The predicted octanol–water partition coefficient (Wildman–Crippen LogP) is 4.87. The van der Waals surface area contributed by atoms with E-state index in [0.717, 1.165) is 52.9 Å². The molecule has 5 nitrogen and oxygen atoms in total. The maximum absolute atomic E-state index is 4.83. The molecular weight excluding hydrogens is 386 g/mol. The van der Waals surface area contributed by atoms with Crippen LogP contribution in [0.5, 0.6) is 0 Å². The van der Waals surface area contributed by atoms with Crippen molar-refractivity contribution in [1.82, 2.24) is 19.9 Å². The number of aryl methyl sites for hydroxylation is 1. The largest absolute Gasteiger partial charge is 0.335 e. The van der Waals surface area contributed by atoms with Crippen molar-refractivity contribution >= 4 is 28.6 Å². The maximum atomic E-state index is 4.83. The zero-order valence-electron chi connectivity index (χ0n) is 15.7. The lowest BCUT2D eigenvalue weighted by molar-refractivity contribution is 0.734. The Labute approximate surface area is 172 Å². The van der Waals surface area contributed by atoms with Gasteiger partial charge in [0.15, 0.2) is 0 Å². The van der Waals surface area contributed by atoms with Crippen LogP contribution in [-0.4, -0.2) is 26.5 Å². The molecule has 0 aliphatic heterocycles. The van der Waals surface area contributed by atoms with Crippen LogP contribution >= 0.6 is 22.7 Å². The summed E-state index contributed by atoms with van der Waals surface area (Å²) in [5.41, 5.74) is 6.30. The third-order valence-electron chi connectivity index (χ3n) is 4.43.